The van der Waals surface area contributed by atoms with Crippen LogP contribution in [0.2, 0.25) is 0 Å². The third kappa shape index (κ3) is 4.53. The van der Waals surface area contributed by atoms with Crippen molar-refractivity contribution in [2.24, 2.45) is 0 Å². The van der Waals surface area contributed by atoms with Gasteiger partial charge in [0.15, 0.2) is 0 Å². The maximum atomic E-state index is 11.9. The summed E-state index contributed by atoms with van der Waals surface area (Å²) in [6.45, 7) is 2.44. The highest BCUT2D eigenvalue weighted by atomic mass is 16.5. The van der Waals surface area contributed by atoms with Gasteiger partial charge in [-0.3, -0.25) is 4.79 Å². The number of nitrogen functional groups attached to an aromatic ring is 1. The summed E-state index contributed by atoms with van der Waals surface area (Å²) in [5.74, 6) is 0.658. The number of amides is 1. The van der Waals surface area contributed by atoms with E-state index in [9.17, 15) is 4.79 Å². The van der Waals surface area contributed by atoms with Gasteiger partial charge in [0.2, 0.25) is 5.91 Å². The van der Waals surface area contributed by atoms with E-state index in [1.54, 1.807) is 6.07 Å². The number of anilines is 2. The van der Waals surface area contributed by atoms with Crippen molar-refractivity contribution < 1.29 is 9.53 Å². The Hall–Kier alpha value is -2.49. The fourth-order valence-electron chi connectivity index (χ4n) is 1.95. The van der Waals surface area contributed by atoms with Crippen molar-refractivity contribution in [3.8, 4) is 5.75 Å². The van der Waals surface area contributed by atoms with Crippen LogP contribution in [0.3, 0.4) is 0 Å². The molecule has 0 unspecified atom stereocenters. The number of hydrogen-bond acceptors (Lipinski definition) is 3. The van der Waals surface area contributed by atoms with E-state index < -0.39 is 0 Å². The van der Waals surface area contributed by atoms with E-state index in [1.807, 2.05) is 49.4 Å². The van der Waals surface area contributed by atoms with Crippen LogP contribution in [0.5, 0.6) is 5.75 Å². The lowest BCUT2D eigenvalue weighted by Crippen LogP contribution is -2.13. The van der Waals surface area contributed by atoms with Crippen LogP contribution in [0.15, 0.2) is 48.5 Å². The Morgan fingerprint density at radius 3 is 2.62 bits per heavy atom. The molecule has 110 valence electrons. The number of benzene rings is 2. The quantitative estimate of drug-likeness (QED) is 0.631. The van der Waals surface area contributed by atoms with Gasteiger partial charge in [-0.15, -0.1) is 0 Å². The van der Waals surface area contributed by atoms with Gasteiger partial charge in [-0.25, -0.2) is 0 Å². The molecule has 4 heteroatoms. The van der Waals surface area contributed by atoms with E-state index in [1.165, 1.54) is 0 Å². The van der Waals surface area contributed by atoms with E-state index in [0.717, 1.165) is 11.3 Å². The highest BCUT2D eigenvalue weighted by molar-refractivity contribution is 5.91. The summed E-state index contributed by atoms with van der Waals surface area (Å²) in [5, 5.41) is 2.90. The summed E-state index contributed by atoms with van der Waals surface area (Å²) in [4.78, 5) is 11.9. The number of carbonyl (C=O) groups is 1. The second kappa shape index (κ2) is 7.33. The molecule has 2 rings (SSSR count). The fourth-order valence-corrected chi connectivity index (χ4v) is 1.95. The first-order chi connectivity index (χ1) is 10.2. The maximum absolute atomic E-state index is 11.9. The minimum Gasteiger partial charge on any atom is -0.491 e. The molecule has 0 radical (unpaired) electrons. The Morgan fingerprint density at radius 1 is 1.14 bits per heavy atom. The van der Waals surface area contributed by atoms with Gasteiger partial charge in [-0.05, 0) is 37.1 Å². The molecule has 1 amide bonds. The first-order valence-electron chi connectivity index (χ1n) is 6.99. The molecule has 2 aromatic rings. The number of ether oxygens (including phenoxy) is 1. The lowest BCUT2D eigenvalue weighted by atomic mass is 10.2. The number of hydrogen-bond donors (Lipinski definition) is 2. The number of nitrogens with one attached hydrogen (secondary N) is 1. The van der Waals surface area contributed by atoms with Gasteiger partial charge < -0.3 is 15.8 Å². The van der Waals surface area contributed by atoms with Crippen molar-refractivity contribution in [3.05, 3.63) is 54.1 Å². The van der Waals surface area contributed by atoms with Crippen LogP contribution in [-0.4, -0.2) is 12.5 Å². The summed E-state index contributed by atoms with van der Waals surface area (Å²) in [6.07, 6.45) is 1.06. The number of para-hydroxylation sites is 3. The van der Waals surface area contributed by atoms with E-state index in [0.29, 0.717) is 30.9 Å². The van der Waals surface area contributed by atoms with Crippen molar-refractivity contribution in [3.63, 3.8) is 0 Å². The Labute approximate surface area is 124 Å². The van der Waals surface area contributed by atoms with Crippen molar-refractivity contribution in [1.29, 1.82) is 0 Å². The molecule has 0 saturated carbocycles. The first-order valence-corrected chi connectivity index (χ1v) is 6.99. The van der Waals surface area contributed by atoms with Crippen LogP contribution in [0.25, 0.3) is 0 Å². The molecule has 0 saturated heterocycles. The third-order valence-corrected chi connectivity index (χ3v) is 3.14. The Morgan fingerprint density at radius 2 is 1.86 bits per heavy atom. The number of rotatable bonds is 6. The number of aryl methyl sites for hydroxylation is 1. The summed E-state index contributed by atoms with van der Waals surface area (Å²) >= 11 is 0. The van der Waals surface area contributed by atoms with Crippen LogP contribution < -0.4 is 15.8 Å². The number of nitrogens with two attached hydrogens (primary N) is 1. The Kier molecular flexibility index (Phi) is 5.21. The molecular weight excluding hydrogens is 264 g/mol. The monoisotopic (exact) mass is 284 g/mol. The zero-order chi connectivity index (χ0) is 15.1. The molecule has 0 spiro atoms. The van der Waals surface area contributed by atoms with Crippen molar-refractivity contribution in [2.45, 2.75) is 19.8 Å². The van der Waals surface area contributed by atoms with E-state index in [-0.39, 0.29) is 5.91 Å². The molecule has 0 aliphatic heterocycles. The van der Waals surface area contributed by atoms with Crippen molar-refractivity contribution in [1.82, 2.24) is 0 Å². The highest BCUT2D eigenvalue weighted by Gasteiger charge is 2.05. The molecule has 0 fully saturated rings. The first kappa shape index (κ1) is 14.9. The molecule has 4 nitrogen and oxygen atoms in total. The molecule has 0 bridgehead atoms. The minimum absolute atomic E-state index is 0.00562. The molecule has 0 aromatic heterocycles. The van der Waals surface area contributed by atoms with E-state index in [4.69, 9.17) is 10.5 Å². The van der Waals surface area contributed by atoms with Crippen LogP contribution >= 0.6 is 0 Å². The van der Waals surface area contributed by atoms with Gasteiger partial charge in [0.1, 0.15) is 5.75 Å². The molecule has 0 aliphatic carbocycles. The zero-order valence-corrected chi connectivity index (χ0v) is 12.1. The maximum Gasteiger partial charge on any atom is 0.224 e. The fraction of sp³-hybridized carbons (Fsp3) is 0.235. The normalized spacial score (nSPS) is 10.1. The van der Waals surface area contributed by atoms with Gasteiger partial charge in [-0.2, -0.15) is 0 Å². The smallest absolute Gasteiger partial charge is 0.224 e. The van der Waals surface area contributed by atoms with Crippen LogP contribution in [-0.2, 0) is 4.79 Å². The molecular formula is C17H20N2O2. The molecule has 3 N–H and O–H groups in total. The largest absolute Gasteiger partial charge is 0.491 e. The lowest BCUT2D eigenvalue weighted by Gasteiger charge is -2.09. The standard InChI is InChI=1S/C17H20N2O2/c1-13-7-2-4-9-15(13)19-17(20)11-6-12-21-16-10-5-3-8-14(16)18/h2-5,7-10H,6,11-12,18H2,1H3,(H,19,20). The van der Waals surface area contributed by atoms with Gasteiger partial charge in [0.25, 0.3) is 0 Å². The van der Waals surface area contributed by atoms with Gasteiger partial charge in [-0.1, -0.05) is 30.3 Å². The second-order valence-electron chi connectivity index (χ2n) is 4.85. The minimum atomic E-state index is -0.00562. The van der Waals surface area contributed by atoms with Gasteiger partial charge >= 0.3 is 0 Å². The number of carbonyl (C=O) groups excluding carboxylic acids is 1. The van der Waals surface area contributed by atoms with Crippen molar-refractivity contribution >= 4 is 17.3 Å². The highest BCUT2D eigenvalue weighted by Crippen LogP contribution is 2.20. The SMILES string of the molecule is Cc1ccccc1NC(=O)CCCOc1ccccc1N. The van der Waals surface area contributed by atoms with Crippen LogP contribution in [0.1, 0.15) is 18.4 Å². The van der Waals surface area contributed by atoms with Crippen molar-refractivity contribution in [2.75, 3.05) is 17.7 Å². The van der Waals surface area contributed by atoms with Gasteiger partial charge in [0, 0.05) is 12.1 Å². The second-order valence-corrected chi connectivity index (χ2v) is 4.85. The lowest BCUT2D eigenvalue weighted by molar-refractivity contribution is -0.116. The zero-order valence-electron chi connectivity index (χ0n) is 12.1. The van der Waals surface area contributed by atoms with Crippen LogP contribution in [0.4, 0.5) is 11.4 Å². The Balaban J connectivity index is 1.73. The third-order valence-electron chi connectivity index (χ3n) is 3.14. The van der Waals surface area contributed by atoms with E-state index in [2.05, 4.69) is 5.32 Å². The summed E-state index contributed by atoms with van der Waals surface area (Å²) in [6, 6.07) is 15.1. The molecule has 0 heterocycles. The van der Waals surface area contributed by atoms with E-state index >= 15 is 0 Å². The Bertz CT molecular complexity index is 611. The molecule has 2 aromatic carbocycles. The molecule has 0 aliphatic rings. The van der Waals surface area contributed by atoms with Gasteiger partial charge in [0.05, 0.1) is 12.3 Å². The predicted octanol–water partition coefficient (Wildman–Crippen LogP) is 3.37. The summed E-state index contributed by atoms with van der Waals surface area (Å²) in [7, 11) is 0. The molecule has 21 heavy (non-hydrogen) atoms. The van der Waals surface area contributed by atoms with Crippen LogP contribution in [0, 0.1) is 6.92 Å². The summed E-state index contributed by atoms with van der Waals surface area (Å²) < 4.78 is 5.56. The average Bonchev–Trinajstić information content (AvgIpc) is 2.48. The molecule has 0 atom stereocenters. The topological polar surface area (TPSA) is 64.3 Å². The average molecular weight is 284 g/mol. The predicted molar refractivity (Wildman–Crippen MR) is 85.4 cm³/mol. The summed E-state index contributed by atoms with van der Waals surface area (Å²) in [5.41, 5.74) is 8.30.